The average Bonchev–Trinajstić information content (AvgIpc) is 1.94. The van der Waals surface area contributed by atoms with Gasteiger partial charge in [0.15, 0.2) is 0 Å². The number of hydrogen-bond acceptors (Lipinski definition) is 0. The summed E-state index contributed by atoms with van der Waals surface area (Å²) in [6, 6.07) is 4.37. The summed E-state index contributed by atoms with van der Waals surface area (Å²) in [7, 11) is 0. The summed E-state index contributed by atoms with van der Waals surface area (Å²) in [6.07, 6.45) is -0.835. The SMILES string of the molecule is Cc1cc(C[B-](F)(F)F)ccc1Cl.[K+]. The normalized spacial score (nSPS) is 10.9. The first kappa shape index (κ1) is 15.0. The molecule has 6 heteroatoms. The smallest absolute Gasteiger partial charge is 0.449 e. The Balaban J connectivity index is 0.00000169. The van der Waals surface area contributed by atoms with Gasteiger partial charge < -0.3 is 12.9 Å². The summed E-state index contributed by atoms with van der Waals surface area (Å²) < 4.78 is 36.0. The van der Waals surface area contributed by atoms with E-state index in [2.05, 4.69) is 0 Å². The molecule has 0 unspecified atom stereocenters. The molecule has 0 radical (unpaired) electrons. The average molecular weight is 247 g/mol. The van der Waals surface area contributed by atoms with Crippen molar-refractivity contribution in [2.75, 3.05) is 0 Å². The summed E-state index contributed by atoms with van der Waals surface area (Å²) in [5.74, 6) is 0. The molecule has 0 amide bonds. The second-order valence-electron chi connectivity index (χ2n) is 3.00. The zero-order valence-electron chi connectivity index (χ0n) is 8.03. The van der Waals surface area contributed by atoms with Gasteiger partial charge in [0.2, 0.25) is 0 Å². The molecule has 0 aromatic heterocycles. The van der Waals surface area contributed by atoms with E-state index in [0.717, 1.165) is 0 Å². The van der Waals surface area contributed by atoms with Crippen LogP contribution in [0.5, 0.6) is 0 Å². The third-order valence-electron chi connectivity index (χ3n) is 1.69. The third kappa shape index (κ3) is 5.19. The van der Waals surface area contributed by atoms with Crippen LogP contribution in [0, 0.1) is 6.92 Å². The Morgan fingerprint density at radius 3 is 2.29 bits per heavy atom. The molecule has 1 aromatic rings. The van der Waals surface area contributed by atoms with E-state index in [9.17, 15) is 12.9 Å². The first-order valence-corrected chi connectivity index (χ1v) is 4.22. The van der Waals surface area contributed by atoms with Crippen LogP contribution in [0.4, 0.5) is 12.9 Å². The predicted molar refractivity (Wildman–Crippen MR) is 49.0 cm³/mol. The van der Waals surface area contributed by atoms with E-state index in [1.807, 2.05) is 0 Å². The van der Waals surface area contributed by atoms with Gasteiger partial charge in [-0.1, -0.05) is 35.6 Å². The first-order chi connectivity index (χ1) is 5.88. The zero-order chi connectivity index (χ0) is 10.1. The molecule has 0 aliphatic heterocycles. The van der Waals surface area contributed by atoms with Gasteiger partial charge in [-0.2, -0.15) is 0 Å². The molecule has 0 saturated heterocycles. The van der Waals surface area contributed by atoms with Gasteiger partial charge in [0.05, 0.1) is 0 Å². The van der Waals surface area contributed by atoms with E-state index in [0.29, 0.717) is 10.6 Å². The molecule has 14 heavy (non-hydrogen) atoms. The molecule has 1 rings (SSSR count). The van der Waals surface area contributed by atoms with Gasteiger partial charge in [-0.3, -0.25) is 0 Å². The van der Waals surface area contributed by atoms with Crippen LogP contribution in [-0.4, -0.2) is 6.98 Å². The Morgan fingerprint density at radius 1 is 1.29 bits per heavy atom. The minimum Gasteiger partial charge on any atom is -0.449 e. The standard InChI is InChI=1S/C8H8BClF3.K/c1-6-4-7(2-3-8(6)10)5-9(11,12)13;/h2-4H,5H2,1H3;/q-1;+1. The van der Waals surface area contributed by atoms with Gasteiger partial charge in [0.1, 0.15) is 0 Å². The fourth-order valence-electron chi connectivity index (χ4n) is 1.10. The maximum Gasteiger partial charge on any atom is 1.00 e. The van der Waals surface area contributed by atoms with Crippen LogP contribution in [-0.2, 0) is 6.32 Å². The van der Waals surface area contributed by atoms with Crippen LogP contribution in [0.2, 0.25) is 5.02 Å². The van der Waals surface area contributed by atoms with E-state index in [1.165, 1.54) is 18.2 Å². The number of benzene rings is 1. The van der Waals surface area contributed by atoms with E-state index in [-0.39, 0.29) is 56.9 Å². The van der Waals surface area contributed by atoms with Gasteiger partial charge in [0.25, 0.3) is 0 Å². The summed E-state index contributed by atoms with van der Waals surface area (Å²) >= 11 is 5.68. The summed E-state index contributed by atoms with van der Waals surface area (Å²) in [5.41, 5.74) is 0.952. The number of aryl methyl sites for hydroxylation is 1. The van der Waals surface area contributed by atoms with E-state index in [4.69, 9.17) is 11.6 Å². The molecular formula is C8H8BClF3K. The second-order valence-corrected chi connectivity index (χ2v) is 3.41. The predicted octanol–water partition coefficient (Wildman–Crippen LogP) is 0.582. The molecule has 0 bridgehead atoms. The maximum absolute atomic E-state index is 12.0. The quantitative estimate of drug-likeness (QED) is 0.670. The van der Waals surface area contributed by atoms with Gasteiger partial charge in [-0.25, -0.2) is 0 Å². The minimum absolute atomic E-state index is 0. The topological polar surface area (TPSA) is 0 Å². The van der Waals surface area contributed by atoms with E-state index >= 15 is 0 Å². The Morgan fingerprint density at radius 2 is 1.86 bits per heavy atom. The van der Waals surface area contributed by atoms with Crippen LogP contribution in [0.1, 0.15) is 11.1 Å². The van der Waals surface area contributed by atoms with E-state index in [1.54, 1.807) is 6.92 Å². The van der Waals surface area contributed by atoms with Crippen molar-refractivity contribution in [3.63, 3.8) is 0 Å². The summed E-state index contributed by atoms with van der Waals surface area (Å²) in [6.45, 7) is -3.06. The number of halogens is 4. The largest absolute Gasteiger partial charge is 1.00 e. The van der Waals surface area contributed by atoms with Crippen LogP contribution in [0.3, 0.4) is 0 Å². The van der Waals surface area contributed by atoms with E-state index < -0.39 is 13.3 Å². The fraction of sp³-hybridized carbons (Fsp3) is 0.250. The molecule has 1 aromatic carbocycles. The molecule has 0 N–H and O–H groups in total. The fourth-order valence-corrected chi connectivity index (χ4v) is 1.22. The Bertz CT molecular complexity index is 314. The van der Waals surface area contributed by atoms with Crippen LogP contribution < -0.4 is 51.4 Å². The molecule has 0 heterocycles. The molecule has 0 fully saturated rings. The zero-order valence-corrected chi connectivity index (χ0v) is 11.9. The van der Waals surface area contributed by atoms with Gasteiger partial charge >= 0.3 is 58.4 Å². The van der Waals surface area contributed by atoms with Crippen molar-refractivity contribution in [1.82, 2.24) is 0 Å². The molecule has 0 aliphatic rings. The van der Waals surface area contributed by atoms with Crippen LogP contribution >= 0.6 is 11.6 Å². The molecule has 0 spiro atoms. The monoisotopic (exact) mass is 246 g/mol. The van der Waals surface area contributed by atoms with Crippen molar-refractivity contribution in [3.05, 3.63) is 34.3 Å². The number of hydrogen-bond donors (Lipinski definition) is 0. The summed E-state index contributed by atoms with van der Waals surface area (Å²) in [5, 5.41) is 0.499. The van der Waals surface area contributed by atoms with Gasteiger partial charge in [-0.15, -0.1) is 0 Å². The molecular weight excluding hydrogens is 238 g/mol. The molecule has 72 valence electrons. The first-order valence-electron chi connectivity index (χ1n) is 3.84. The van der Waals surface area contributed by atoms with Crippen molar-refractivity contribution >= 4 is 18.6 Å². The Labute approximate surface area is 129 Å². The summed E-state index contributed by atoms with van der Waals surface area (Å²) in [4.78, 5) is 0. The van der Waals surface area contributed by atoms with Crippen LogP contribution in [0.25, 0.3) is 0 Å². The molecule has 0 saturated carbocycles. The van der Waals surface area contributed by atoms with Crippen LogP contribution in [0.15, 0.2) is 18.2 Å². The Hall–Kier alpha value is 1.00. The molecule has 0 aliphatic carbocycles. The van der Waals surface area contributed by atoms with Gasteiger partial charge in [-0.05, 0) is 18.6 Å². The maximum atomic E-state index is 12.0. The molecule has 0 atom stereocenters. The van der Waals surface area contributed by atoms with Gasteiger partial charge in [0, 0.05) is 5.02 Å². The van der Waals surface area contributed by atoms with Crippen molar-refractivity contribution in [3.8, 4) is 0 Å². The second kappa shape index (κ2) is 5.92. The number of rotatable bonds is 2. The van der Waals surface area contributed by atoms with Crippen molar-refractivity contribution in [2.24, 2.45) is 0 Å². The molecule has 0 nitrogen and oxygen atoms in total. The van der Waals surface area contributed by atoms with Crippen molar-refractivity contribution in [2.45, 2.75) is 13.2 Å². The Kier molecular flexibility index (Phi) is 6.34. The minimum atomic E-state index is -4.75. The van der Waals surface area contributed by atoms with Crippen molar-refractivity contribution in [1.29, 1.82) is 0 Å². The third-order valence-corrected chi connectivity index (χ3v) is 2.11. The van der Waals surface area contributed by atoms with Crippen molar-refractivity contribution < 1.29 is 64.3 Å².